The van der Waals surface area contributed by atoms with Crippen molar-refractivity contribution in [3.8, 4) is 0 Å². The molecular formula is C17H34NaO2. The van der Waals surface area contributed by atoms with Crippen molar-refractivity contribution < 1.29 is 9.53 Å². The van der Waals surface area contributed by atoms with Crippen molar-refractivity contribution in [2.45, 2.75) is 104 Å². The van der Waals surface area contributed by atoms with Gasteiger partial charge in [-0.15, -0.1) is 0 Å². The van der Waals surface area contributed by atoms with Gasteiger partial charge in [0.1, 0.15) is 0 Å². The molecule has 0 spiro atoms. The predicted octanol–water partition coefficient (Wildman–Crippen LogP) is 5.26. The zero-order chi connectivity index (χ0) is 14.3. The maximum Gasteiger partial charge on any atom is 0.306 e. The predicted molar refractivity (Wildman–Crippen MR) is 88.1 cm³/mol. The largest absolute Gasteiger partial charge is 0.463 e. The minimum absolute atomic E-state index is 0. The fourth-order valence-corrected chi connectivity index (χ4v) is 2.26. The van der Waals surface area contributed by atoms with Gasteiger partial charge in [0.25, 0.3) is 0 Å². The second-order valence-corrected chi connectivity index (χ2v) is 5.82. The first-order valence-corrected chi connectivity index (χ1v) is 8.36. The SMILES string of the molecule is CCCCCCCCCCCCCC(=O)OC(C)C.[Na]. The van der Waals surface area contributed by atoms with Crippen LogP contribution >= 0.6 is 0 Å². The molecule has 0 aromatic rings. The van der Waals surface area contributed by atoms with Gasteiger partial charge in [-0.3, -0.25) is 4.79 Å². The van der Waals surface area contributed by atoms with Gasteiger partial charge in [0.15, 0.2) is 0 Å². The fraction of sp³-hybridized carbons (Fsp3) is 0.941. The number of hydrogen-bond acceptors (Lipinski definition) is 2. The van der Waals surface area contributed by atoms with E-state index in [1.165, 1.54) is 64.2 Å². The van der Waals surface area contributed by atoms with Gasteiger partial charge in [0, 0.05) is 36.0 Å². The maximum atomic E-state index is 11.3. The zero-order valence-corrected chi connectivity index (χ0v) is 16.4. The summed E-state index contributed by atoms with van der Waals surface area (Å²) in [6.07, 6.45) is 15.1. The summed E-state index contributed by atoms with van der Waals surface area (Å²) < 4.78 is 5.10. The molecule has 2 nitrogen and oxygen atoms in total. The molecule has 0 atom stereocenters. The Morgan fingerprint density at radius 3 is 1.60 bits per heavy atom. The molecule has 0 aliphatic heterocycles. The Kier molecular flexibility index (Phi) is 19.9. The molecule has 0 saturated carbocycles. The first kappa shape index (κ1) is 22.7. The summed E-state index contributed by atoms with van der Waals surface area (Å²) in [6, 6.07) is 0. The Morgan fingerprint density at radius 2 is 1.20 bits per heavy atom. The van der Waals surface area contributed by atoms with Crippen LogP contribution < -0.4 is 0 Å². The van der Waals surface area contributed by atoms with Crippen LogP contribution in [0.25, 0.3) is 0 Å². The summed E-state index contributed by atoms with van der Waals surface area (Å²) in [5.74, 6) is -0.0362. The number of ether oxygens (including phenoxy) is 1. The van der Waals surface area contributed by atoms with E-state index < -0.39 is 0 Å². The average molecular weight is 293 g/mol. The van der Waals surface area contributed by atoms with Gasteiger partial charge in [-0.05, 0) is 20.3 Å². The quantitative estimate of drug-likeness (QED) is 0.263. The second-order valence-electron chi connectivity index (χ2n) is 5.82. The van der Waals surface area contributed by atoms with Gasteiger partial charge in [-0.25, -0.2) is 0 Å². The summed E-state index contributed by atoms with van der Waals surface area (Å²) in [5, 5.41) is 0. The molecule has 0 aliphatic carbocycles. The molecule has 0 rings (SSSR count). The summed E-state index contributed by atoms with van der Waals surface area (Å²) in [7, 11) is 0. The second kappa shape index (κ2) is 17.5. The minimum atomic E-state index is -0.0362. The summed E-state index contributed by atoms with van der Waals surface area (Å²) in [5.41, 5.74) is 0. The van der Waals surface area contributed by atoms with E-state index in [-0.39, 0.29) is 41.6 Å². The third-order valence-electron chi connectivity index (χ3n) is 3.35. The van der Waals surface area contributed by atoms with Crippen molar-refractivity contribution >= 4 is 35.5 Å². The van der Waals surface area contributed by atoms with E-state index in [0.29, 0.717) is 6.42 Å². The first-order valence-electron chi connectivity index (χ1n) is 8.36. The van der Waals surface area contributed by atoms with Crippen LogP contribution in [-0.2, 0) is 9.53 Å². The molecule has 0 aliphatic rings. The van der Waals surface area contributed by atoms with Crippen LogP contribution in [0.3, 0.4) is 0 Å². The average Bonchev–Trinajstić information content (AvgIpc) is 2.35. The topological polar surface area (TPSA) is 26.3 Å². The number of carbonyl (C=O) groups excluding carboxylic acids is 1. The molecule has 0 N–H and O–H groups in total. The van der Waals surface area contributed by atoms with Crippen molar-refractivity contribution in [2.75, 3.05) is 0 Å². The molecule has 115 valence electrons. The normalized spacial score (nSPS) is 10.4. The third kappa shape index (κ3) is 18.5. The summed E-state index contributed by atoms with van der Waals surface area (Å²) in [4.78, 5) is 11.3. The van der Waals surface area contributed by atoms with E-state index in [0.717, 1.165) is 6.42 Å². The minimum Gasteiger partial charge on any atom is -0.463 e. The molecule has 0 bridgehead atoms. The van der Waals surface area contributed by atoms with Crippen LogP contribution in [0.1, 0.15) is 97.8 Å². The summed E-state index contributed by atoms with van der Waals surface area (Å²) in [6.45, 7) is 6.06. The molecule has 3 heteroatoms. The summed E-state index contributed by atoms with van der Waals surface area (Å²) >= 11 is 0. The van der Waals surface area contributed by atoms with Crippen molar-refractivity contribution in [1.29, 1.82) is 0 Å². The first-order chi connectivity index (χ1) is 9.16. The number of carbonyl (C=O) groups is 1. The van der Waals surface area contributed by atoms with Crippen molar-refractivity contribution in [3.63, 3.8) is 0 Å². The molecule has 0 aromatic carbocycles. The van der Waals surface area contributed by atoms with Crippen LogP contribution in [0.15, 0.2) is 0 Å². The molecule has 0 aromatic heterocycles. The van der Waals surface area contributed by atoms with E-state index in [4.69, 9.17) is 4.74 Å². The Labute approximate surface area is 148 Å². The van der Waals surface area contributed by atoms with E-state index >= 15 is 0 Å². The van der Waals surface area contributed by atoms with Crippen LogP contribution in [0, 0.1) is 0 Å². The fourth-order valence-electron chi connectivity index (χ4n) is 2.26. The Morgan fingerprint density at radius 1 is 0.800 bits per heavy atom. The van der Waals surface area contributed by atoms with Gasteiger partial charge >= 0.3 is 5.97 Å². The molecule has 0 saturated heterocycles. The molecule has 0 heterocycles. The standard InChI is InChI=1S/C17H34O2.Na/c1-4-5-6-7-8-9-10-11-12-13-14-15-17(18)19-16(2)3;/h16H,4-15H2,1-3H3;. The maximum absolute atomic E-state index is 11.3. The van der Waals surface area contributed by atoms with E-state index in [9.17, 15) is 4.79 Å². The number of rotatable bonds is 13. The monoisotopic (exact) mass is 293 g/mol. The van der Waals surface area contributed by atoms with Crippen molar-refractivity contribution in [1.82, 2.24) is 0 Å². The van der Waals surface area contributed by atoms with Gasteiger partial charge in [0.2, 0.25) is 0 Å². The zero-order valence-electron chi connectivity index (χ0n) is 14.4. The Bertz CT molecular complexity index is 205. The molecule has 0 amide bonds. The van der Waals surface area contributed by atoms with Crippen LogP contribution in [0.2, 0.25) is 0 Å². The van der Waals surface area contributed by atoms with Crippen LogP contribution in [0.5, 0.6) is 0 Å². The smallest absolute Gasteiger partial charge is 0.306 e. The van der Waals surface area contributed by atoms with Gasteiger partial charge < -0.3 is 4.74 Å². The van der Waals surface area contributed by atoms with Crippen LogP contribution in [-0.4, -0.2) is 41.6 Å². The third-order valence-corrected chi connectivity index (χ3v) is 3.35. The molecule has 0 fully saturated rings. The van der Waals surface area contributed by atoms with E-state index in [1.54, 1.807) is 0 Å². The number of unbranched alkanes of at least 4 members (excludes halogenated alkanes) is 10. The van der Waals surface area contributed by atoms with Crippen molar-refractivity contribution in [2.24, 2.45) is 0 Å². The van der Waals surface area contributed by atoms with E-state index in [2.05, 4.69) is 6.92 Å². The number of hydrogen-bond donors (Lipinski definition) is 0. The van der Waals surface area contributed by atoms with Gasteiger partial charge in [-0.2, -0.15) is 0 Å². The molecule has 1 radical (unpaired) electrons. The van der Waals surface area contributed by atoms with Crippen LogP contribution in [0.4, 0.5) is 0 Å². The molecule has 20 heavy (non-hydrogen) atoms. The molecule has 0 unspecified atom stereocenters. The Hall–Kier alpha value is 0.470. The molecular weight excluding hydrogens is 259 g/mol. The number of esters is 1. The van der Waals surface area contributed by atoms with E-state index in [1.807, 2.05) is 13.8 Å². The Balaban J connectivity index is 0. The van der Waals surface area contributed by atoms with Gasteiger partial charge in [-0.1, -0.05) is 71.1 Å². The van der Waals surface area contributed by atoms with Gasteiger partial charge in [0.05, 0.1) is 6.10 Å². The van der Waals surface area contributed by atoms with Crippen molar-refractivity contribution in [3.05, 3.63) is 0 Å².